The van der Waals surface area contributed by atoms with Crippen molar-refractivity contribution in [3.8, 4) is 40.3 Å². The van der Waals surface area contributed by atoms with E-state index in [9.17, 15) is 10.5 Å². The zero-order valence-corrected chi connectivity index (χ0v) is 30.3. The number of aromatic nitrogens is 3. The van der Waals surface area contributed by atoms with Gasteiger partial charge in [-0.3, -0.25) is 0 Å². The van der Waals surface area contributed by atoms with Gasteiger partial charge in [-0.15, -0.1) is 0 Å². The molecule has 0 N–H and O–H groups in total. The van der Waals surface area contributed by atoms with Crippen LogP contribution in [0.2, 0.25) is 0 Å². The quantitative estimate of drug-likeness (QED) is 0.170. The number of fused-ring (bicyclic) bond motifs is 9. The molecule has 57 heavy (non-hydrogen) atoms. The van der Waals surface area contributed by atoms with Gasteiger partial charge in [0, 0.05) is 38.2 Å². The minimum absolute atomic E-state index is 0.555. The monoisotopic (exact) mass is 724 g/mol. The van der Waals surface area contributed by atoms with Crippen LogP contribution in [0.5, 0.6) is 0 Å². The molecule has 0 bridgehead atoms. The van der Waals surface area contributed by atoms with Gasteiger partial charge < -0.3 is 13.7 Å². The van der Waals surface area contributed by atoms with E-state index < -0.39 is 0 Å². The zero-order chi connectivity index (χ0) is 38.2. The molecular formula is C51H28N6. The van der Waals surface area contributed by atoms with Crippen molar-refractivity contribution in [2.45, 2.75) is 0 Å². The van der Waals surface area contributed by atoms with Crippen molar-refractivity contribution in [3.63, 3.8) is 0 Å². The number of rotatable bonds is 4. The van der Waals surface area contributed by atoms with Crippen LogP contribution >= 0.6 is 0 Å². The minimum atomic E-state index is 0.555. The third-order valence-corrected chi connectivity index (χ3v) is 11.3. The van der Waals surface area contributed by atoms with Crippen LogP contribution in [0.3, 0.4) is 0 Å². The lowest BCUT2D eigenvalue weighted by molar-refractivity contribution is 1.16. The van der Waals surface area contributed by atoms with Crippen molar-refractivity contribution < 1.29 is 0 Å². The lowest BCUT2D eigenvalue weighted by Crippen LogP contribution is -2.00. The van der Waals surface area contributed by atoms with Crippen LogP contribution < -0.4 is 0 Å². The van der Waals surface area contributed by atoms with E-state index in [1.165, 1.54) is 0 Å². The Hall–Kier alpha value is -8.37. The fraction of sp³-hybridized carbons (Fsp3) is 0. The molecule has 0 saturated heterocycles. The summed E-state index contributed by atoms with van der Waals surface area (Å²) in [5.74, 6) is 0. The van der Waals surface area contributed by atoms with Crippen molar-refractivity contribution in [1.82, 2.24) is 13.7 Å². The lowest BCUT2D eigenvalue weighted by atomic mass is 10.00. The molecule has 3 heterocycles. The van der Waals surface area contributed by atoms with Gasteiger partial charge in [-0.2, -0.15) is 10.5 Å². The highest BCUT2D eigenvalue weighted by Gasteiger charge is 2.21. The van der Waals surface area contributed by atoms with Gasteiger partial charge in [0.2, 0.25) is 0 Å². The molecule has 0 aliphatic rings. The molecule has 6 heteroatoms. The summed E-state index contributed by atoms with van der Waals surface area (Å²) >= 11 is 0. The molecule has 0 saturated carbocycles. The van der Waals surface area contributed by atoms with E-state index in [0.29, 0.717) is 16.8 Å². The van der Waals surface area contributed by atoms with Gasteiger partial charge >= 0.3 is 0 Å². The Morgan fingerprint density at radius 3 is 1.70 bits per heavy atom. The summed E-state index contributed by atoms with van der Waals surface area (Å²) in [5.41, 5.74) is 12.8. The molecule has 262 valence electrons. The second-order valence-electron chi connectivity index (χ2n) is 14.3. The van der Waals surface area contributed by atoms with E-state index in [1.54, 1.807) is 0 Å². The highest BCUT2D eigenvalue weighted by Crippen LogP contribution is 2.42. The average molecular weight is 725 g/mol. The lowest BCUT2D eigenvalue weighted by Gasteiger charge is -2.16. The van der Waals surface area contributed by atoms with Crippen LogP contribution in [0.4, 0.5) is 5.69 Å². The Kier molecular flexibility index (Phi) is 6.95. The first kappa shape index (κ1) is 32.1. The van der Waals surface area contributed by atoms with Gasteiger partial charge in [0.05, 0.1) is 74.3 Å². The van der Waals surface area contributed by atoms with Crippen molar-refractivity contribution in [3.05, 3.63) is 192 Å². The van der Waals surface area contributed by atoms with E-state index in [4.69, 9.17) is 6.57 Å². The fourth-order valence-corrected chi connectivity index (χ4v) is 8.93. The summed E-state index contributed by atoms with van der Waals surface area (Å²) in [5, 5.41) is 26.7. The number of nitriles is 2. The first-order valence-electron chi connectivity index (χ1n) is 18.7. The third kappa shape index (κ3) is 4.68. The zero-order valence-electron chi connectivity index (χ0n) is 30.3. The van der Waals surface area contributed by atoms with E-state index in [0.717, 1.165) is 93.6 Å². The highest BCUT2D eigenvalue weighted by molar-refractivity contribution is 6.17. The van der Waals surface area contributed by atoms with Gasteiger partial charge in [0.15, 0.2) is 5.69 Å². The van der Waals surface area contributed by atoms with Gasteiger partial charge in [0.25, 0.3) is 0 Å². The molecule has 3 aromatic heterocycles. The molecule has 0 fully saturated rings. The van der Waals surface area contributed by atoms with Crippen LogP contribution in [-0.2, 0) is 0 Å². The highest BCUT2D eigenvalue weighted by atomic mass is 15.0. The standard InChI is InChI=1S/C51H28N6/c1-54-35-22-24-48-42(29-35)39-13-4-7-16-44(39)56(48)43-15-6-2-11-37(43)34-25-33(31-53)26-36(28-34)55-46-18-9-5-14-40(46)51-49(55)19-10-20-50(51)57-45-17-8-3-12-38(45)41-27-32(30-52)21-23-47(41)57/h2-29H. The molecule has 0 unspecified atom stereocenters. The summed E-state index contributed by atoms with van der Waals surface area (Å²) in [6, 6.07) is 62.6. The number of para-hydroxylation sites is 4. The second-order valence-corrected chi connectivity index (χ2v) is 14.3. The summed E-state index contributed by atoms with van der Waals surface area (Å²) in [6.45, 7) is 7.67. The van der Waals surface area contributed by atoms with Gasteiger partial charge in [0.1, 0.15) is 0 Å². The second kappa shape index (κ2) is 12.3. The molecule has 11 aromatic rings. The number of benzene rings is 8. The van der Waals surface area contributed by atoms with E-state index in [-0.39, 0.29) is 0 Å². The Morgan fingerprint density at radius 2 is 0.982 bits per heavy atom. The van der Waals surface area contributed by atoms with Gasteiger partial charge in [-0.05, 0) is 95.9 Å². The summed E-state index contributed by atoms with van der Waals surface area (Å²) < 4.78 is 6.85. The van der Waals surface area contributed by atoms with Crippen LogP contribution in [0.1, 0.15) is 11.1 Å². The number of nitrogens with zero attached hydrogens (tertiary/aromatic N) is 6. The summed E-state index contributed by atoms with van der Waals surface area (Å²) in [7, 11) is 0. The van der Waals surface area contributed by atoms with E-state index in [1.807, 2.05) is 78.9 Å². The largest absolute Gasteiger partial charge is 0.309 e. The van der Waals surface area contributed by atoms with Crippen molar-refractivity contribution in [1.29, 1.82) is 10.5 Å². The van der Waals surface area contributed by atoms with Crippen LogP contribution in [-0.4, -0.2) is 13.7 Å². The average Bonchev–Trinajstić information content (AvgIpc) is 3.91. The first-order chi connectivity index (χ1) is 28.1. The SMILES string of the molecule is [C-]#[N+]c1ccc2c(c1)c1ccccc1n2-c1ccccc1-c1cc(C#N)cc(-n2c3ccccc3c3c(-n4c5ccccc5c5cc(C#N)ccc54)cccc32)c1. The van der Waals surface area contributed by atoms with Gasteiger partial charge in [-0.1, -0.05) is 84.9 Å². The molecule has 0 spiro atoms. The molecule has 0 amide bonds. The molecule has 0 aliphatic heterocycles. The summed E-state index contributed by atoms with van der Waals surface area (Å²) in [6.07, 6.45) is 0. The smallest absolute Gasteiger partial charge is 0.188 e. The molecule has 0 radical (unpaired) electrons. The van der Waals surface area contributed by atoms with Crippen molar-refractivity contribution >= 4 is 71.1 Å². The van der Waals surface area contributed by atoms with Crippen LogP contribution in [0, 0.1) is 29.2 Å². The van der Waals surface area contributed by atoms with E-state index >= 15 is 0 Å². The van der Waals surface area contributed by atoms with Crippen LogP contribution in [0.15, 0.2) is 170 Å². The van der Waals surface area contributed by atoms with E-state index in [2.05, 4.69) is 122 Å². The molecule has 0 aliphatic carbocycles. The maximum Gasteiger partial charge on any atom is 0.188 e. The third-order valence-electron chi connectivity index (χ3n) is 11.3. The fourth-order valence-electron chi connectivity index (χ4n) is 8.93. The molecule has 6 nitrogen and oxygen atoms in total. The number of hydrogen-bond acceptors (Lipinski definition) is 2. The first-order valence-corrected chi connectivity index (χ1v) is 18.7. The molecule has 8 aromatic carbocycles. The Labute approximate surface area is 326 Å². The van der Waals surface area contributed by atoms with Crippen molar-refractivity contribution in [2.75, 3.05) is 0 Å². The maximum absolute atomic E-state index is 10.5. The number of hydrogen-bond donors (Lipinski definition) is 0. The molecule has 11 rings (SSSR count). The normalized spacial score (nSPS) is 11.5. The molecular weight excluding hydrogens is 697 g/mol. The Morgan fingerprint density at radius 1 is 0.421 bits per heavy atom. The minimum Gasteiger partial charge on any atom is -0.309 e. The topological polar surface area (TPSA) is 66.7 Å². The Balaban J connectivity index is 1.18. The predicted octanol–water partition coefficient (Wildman–Crippen LogP) is 12.9. The molecule has 0 atom stereocenters. The van der Waals surface area contributed by atoms with Crippen LogP contribution in [0.25, 0.3) is 98.5 Å². The van der Waals surface area contributed by atoms with Gasteiger partial charge in [-0.25, -0.2) is 4.85 Å². The Bertz CT molecular complexity index is 3630. The predicted molar refractivity (Wildman–Crippen MR) is 231 cm³/mol. The maximum atomic E-state index is 10.5. The van der Waals surface area contributed by atoms with Crippen molar-refractivity contribution in [2.24, 2.45) is 0 Å². The summed E-state index contributed by atoms with van der Waals surface area (Å²) in [4.78, 5) is 3.72.